The minimum absolute atomic E-state index is 0.144. The van der Waals surface area contributed by atoms with Crippen molar-refractivity contribution < 1.29 is 19.1 Å². The second kappa shape index (κ2) is 14.2. The van der Waals surface area contributed by atoms with Crippen LogP contribution in [0.2, 0.25) is 0 Å². The van der Waals surface area contributed by atoms with Gasteiger partial charge in [0.25, 0.3) is 0 Å². The van der Waals surface area contributed by atoms with E-state index in [9.17, 15) is 14.4 Å². The molecule has 0 aromatic heterocycles. The molecular formula is C29H49N3O4. The van der Waals surface area contributed by atoms with Crippen molar-refractivity contribution in [3.63, 3.8) is 0 Å². The van der Waals surface area contributed by atoms with E-state index in [-0.39, 0.29) is 23.8 Å². The zero-order valence-corrected chi connectivity index (χ0v) is 24.2. The largest absolute Gasteiger partial charge is 0.444 e. The summed E-state index contributed by atoms with van der Waals surface area (Å²) in [6, 6.07) is 4.10. The first kappa shape index (κ1) is 31.5. The number of hydrogen-bond donors (Lipinski definition) is 2. The predicted molar refractivity (Wildman–Crippen MR) is 146 cm³/mol. The third kappa shape index (κ3) is 9.82. The number of ether oxygens (including phenoxy) is 1. The molecule has 0 saturated heterocycles. The van der Waals surface area contributed by atoms with E-state index in [1.165, 1.54) is 0 Å². The number of benzene rings is 1. The first-order valence-electron chi connectivity index (χ1n) is 13.4. The van der Waals surface area contributed by atoms with Crippen LogP contribution in [-0.4, -0.2) is 47.0 Å². The molecule has 3 atom stereocenters. The molecule has 0 fully saturated rings. The fraction of sp³-hybridized carbons (Fsp3) is 0.690. The molecule has 0 aliphatic carbocycles. The number of alkyl carbamates (subject to hydrolysis) is 1. The summed E-state index contributed by atoms with van der Waals surface area (Å²) in [6.07, 6.45) is 2.27. The lowest BCUT2D eigenvalue weighted by Crippen LogP contribution is -2.56. The van der Waals surface area contributed by atoms with Gasteiger partial charge in [-0.1, -0.05) is 57.9 Å². The maximum Gasteiger partial charge on any atom is 0.408 e. The molecule has 0 aliphatic rings. The quantitative estimate of drug-likeness (QED) is 0.352. The molecule has 204 valence electrons. The Bertz CT molecular complexity index is 876. The second-order valence-corrected chi connectivity index (χ2v) is 11.2. The number of unbranched alkanes of at least 4 members (excludes halogenated alkanes) is 1. The summed E-state index contributed by atoms with van der Waals surface area (Å²) in [5.74, 6) is -0.338. The molecule has 0 radical (unpaired) electrons. The van der Waals surface area contributed by atoms with Gasteiger partial charge in [0.05, 0.1) is 0 Å². The third-order valence-electron chi connectivity index (χ3n) is 6.09. The van der Waals surface area contributed by atoms with Gasteiger partial charge in [0.1, 0.15) is 17.7 Å². The summed E-state index contributed by atoms with van der Waals surface area (Å²) < 4.78 is 5.46. The molecule has 3 unspecified atom stereocenters. The van der Waals surface area contributed by atoms with Crippen molar-refractivity contribution in [3.05, 3.63) is 34.9 Å². The Morgan fingerprint density at radius 3 is 2.19 bits per heavy atom. The highest BCUT2D eigenvalue weighted by Crippen LogP contribution is 2.30. The second-order valence-electron chi connectivity index (χ2n) is 11.2. The maximum absolute atomic E-state index is 14.2. The third-order valence-corrected chi connectivity index (χ3v) is 6.09. The van der Waals surface area contributed by atoms with Gasteiger partial charge in [-0.2, -0.15) is 0 Å². The monoisotopic (exact) mass is 503 g/mol. The number of aryl methyl sites for hydroxylation is 2. The van der Waals surface area contributed by atoms with Gasteiger partial charge in [0, 0.05) is 12.6 Å². The Balaban J connectivity index is 3.55. The molecule has 0 aliphatic heterocycles. The molecule has 36 heavy (non-hydrogen) atoms. The Hall–Kier alpha value is -2.57. The Labute approximate surface area is 218 Å². The Morgan fingerprint density at radius 2 is 1.69 bits per heavy atom. The van der Waals surface area contributed by atoms with Gasteiger partial charge in [-0.05, 0) is 77.8 Å². The summed E-state index contributed by atoms with van der Waals surface area (Å²) in [4.78, 5) is 42.2. The molecule has 0 saturated carbocycles. The van der Waals surface area contributed by atoms with E-state index in [1.54, 1.807) is 25.7 Å². The summed E-state index contributed by atoms with van der Waals surface area (Å²) in [7, 11) is 0. The van der Waals surface area contributed by atoms with Crippen LogP contribution < -0.4 is 10.6 Å². The van der Waals surface area contributed by atoms with E-state index < -0.39 is 23.8 Å². The minimum Gasteiger partial charge on any atom is -0.444 e. The number of rotatable bonds is 12. The molecule has 2 N–H and O–H groups in total. The summed E-state index contributed by atoms with van der Waals surface area (Å²) >= 11 is 0. The van der Waals surface area contributed by atoms with E-state index in [1.807, 2.05) is 59.7 Å². The van der Waals surface area contributed by atoms with Crippen LogP contribution in [0.1, 0.15) is 104 Å². The van der Waals surface area contributed by atoms with Crippen molar-refractivity contribution in [1.82, 2.24) is 15.5 Å². The van der Waals surface area contributed by atoms with Crippen LogP contribution in [0, 0.1) is 19.8 Å². The van der Waals surface area contributed by atoms with Crippen LogP contribution in [-0.2, 0) is 14.3 Å². The topological polar surface area (TPSA) is 87.7 Å². The number of amides is 3. The number of nitrogens with zero attached hydrogens (tertiary/aromatic N) is 1. The average molecular weight is 504 g/mol. The van der Waals surface area contributed by atoms with Gasteiger partial charge in [-0.3, -0.25) is 9.59 Å². The SMILES string of the molecule is CCCCNC(=O)C(c1ccc(C)cc1C)N(C(=O)C(CC(C)C)NC(=O)OC(C)(C)C)C(C)CC. The maximum atomic E-state index is 14.2. The first-order valence-corrected chi connectivity index (χ1v) is 13.4. The van der Waals surface area contributed by atoms with E-state index in [0.717, 1.165) is 29.5 Å². The minimum atomic E-state index is -0.814. The van der Waals surface area contributed by atoms with E-state index in [0.29, 0.717) is 19.4 Å². The molecule has 0 bridgehead atoms. The first-order chi connectivity index (χ1) is 16.7. The highest BCUT2D eigenvalue weighted by Gasteiger charge is 2.39. The lowest BCUT2D eigenvalue weighted by atomic mass is 9.94. The fourth-order valence-electron chi connectivity index (χ4n) is 4.15. The van der Waals surface area contributed by atoms with Crippen molar-refractivity contribution in [3.8, 4) is 0 Å². The van der Waals surface area contributed by atoms with Crippen molar-refractivity contribution in [2.45, 2.75) is 119 Å². The van der Waals surface area contributed by atoms with Crippen molar-refractivity contribution in [2.24, 2.45) is 5.92 Å². The van der Waals surface area contributed by atoms with Crippen LogP contribution >= 0.6 is 0 Å². The number of nitrogens with one attached hydrogen (secondary N) is 2. The normalized spacial score (nSPS) is 14.1. The molecule has 1 rings (SSSR count). The van der Waals surface area contributed by atoms with Crippen LogP contribution in [0.4, 0.5) is 4.79 Å². The van der Waals surface area contributed by atoms with Gasteiger partial charge in [-0.15, -0.1) is 0 Å². The van der Waals surface area contributed by atoms with Crippen LogP contribution in [0.3, 0.4) is 0 Å². The summed E-state index contributed by atoms with van der Waals surface area (Å²) in [5.41, 5.74) is 2.15. The van der Waals surface area contributed by atoms with E-state index >= 15 is 0 Å². The zero-order chi connectivity index (χ0) is 27.6. The molecule has 3 amide bonds. The fourth-order valence-corrected chi connectivity index (χ4v) is 4.15. The Morgan fingerprint density at radius 1 is 1.06 bits per heavy atom. The van der Waals surface area contributed by atoms with E-state index in [2.05, 4.69) is 17.6 Å². The summed E-state index contributed by atoms with van der Waals surface area (Å²) in [5, 5.41) is 5.85. The molecule has 0 heterocycles. The lowest BCUT2D eigenvalue weighted by Gasteiger charge is -2.39. The van der Waals surface area contributed by atoms with Crippen molar-refractivity contribution in [1.29, 1.82) is 0 Å². The Kier molecular flexibility index (Phi) is 12.4. The molecule has 7 nitrogen and oxygen atoms in total. The molecule has 7 heteroatoms. The van der Waals surface area contributed by atoms with Gasteiger partial charge in [0.15, 0.2) is 0 Å². The summed E-state index contributed by atoms with van der Waals surface area (Å²) in [6.45, 7) is 19.9. The van der Waals surface area contributed by atoms with E-state index in [4.69, 9.17) is 4.74 Å². The molecule has 0 spiro atoms. The van der Waals surface area contributed by atoms with Gasteiger partial charge in [-0.25, -0.2) is 4.79 Å². The molecule has 1 aromatic carbocycles. The number of carbonyl (C=O) groups excluding carboxylic acids is 3. The zero-order valence-electron chi connectivity index (χ0n) is 24.2. The molecule has 1 aromatic rings. The standard InChI is InChI=1S/C29H49N3O4/c1-11-13-16-30-26(33)25(23-15-14-20(5)18-21(23)6)32(22(7)12-2)27(34)24(17-19(3)4)31-28(35)36-29(8,9)10/h14-15,18-19,22,24-25H,11-13,16-17H2,1-10H3,(H,30,33)(H,31,35). The molecular weight excluding hydrogens is 454 g/mol. The van der Waals surface area contributed by atoms with Gasteiger partial charge in [0.2, 0.25) is 11.8 Å². The van der Waals surface area contributed by atoms with Gasteiger partial charge < -0.3 is 20.3 Å². The smallest absolute Gasteiger partial charge is 0.408 e. The predicted octanol–water partition coefficient (Wildman–Crippen LogP) is 5.83. The van der Waals surface area contributed by atoms with Crippen molar-refractivity contribution in [2.75, 3.05) is 6.54 Å². The lowest BCUT2D eigenvalue weighted by molar-refractivity contribution is -0.145. The highest BCUT2D eigenvalue weighted by molar-refractivity contribution is 5.92. The number of hydrogen-bond acceptors (Lipinski definition) is 4. The van der Waals surface area contributed by atoms with Crippen molar-refractivity contribution >= 4 is 17.9 Å². The average Bonchev–Trinajstić information content (AvgIpc) is 2.75. The number of carbonyl (C=O) groups is 3. The van der Waals surface area contributed by atoms with Crippen LogP contribution in [0.5, 0.6) is 0 Å². The van der Waals surface area contributed by atoms with Crippen LogP contribution in [0.15, 0.2) is 18.2 Å². The van der Waals surface area contributed by atoms with Crippen LogP contribution in [0.25, 0.3) is 0 Å². The van der Waals surface area contributed by atoms with Gasteiger partial charge >= 0.3 is 6.09 Å². The highest BCUT2D eigenvalue weighted by atomic mass is 16.6.